The molecular formula is C16H15N3O. The predicted octanol–water partition coefficient (Wildman–Crippen LogP) is 2.83. The molecule has 0 saturated heterocycles. The van der Waals surface area contributed by atoms with E-state index in [-0.39, 0.29) is 0 Å². The standard InChI is InChI=1S/C16H15N3O/c17-15-4-5-16(13-6-9-18-11-14(13)15)20-10-7-12-3-1-2-8-19-12/h1-6,8-9,11H,7,10,17H2. The Balaban J connectivity index is 1.77. The Labute approximate surface area is 117 Å². The Bertz CT molecular complexity index is 713. The third-order valence-electron chi connectivity index (χ3n) is 3.15. The van der Waals surface area contributed by atoms with Crippen LogP contribution in [0, 0.1) is 0 Å². The van der Waals surface area contributed by atoms with E-state index >= 15 is 0 Å². The van der Waals surface area contributed by atoms with E-state index in [1.807, 2.05) is 36.4 Å². The zero-order valence-corrected chi connectivity index (χ0v) is 11.0. The third-order valence-corrected chi connectivity index (χ3v) is 3.15. The molecule has 3 rings (SSSR count). The van der Waals surface area contributed by atoms with Crippen molar-refractivity contribution >= 4 is 16.5 Å². The average molecular weight is 265 g/mol. The van der Waals surface area contributed by atoms with Crippen molar-refractivity contribution in [3.05, 3.63) is 60.7 Å². The highest BCUT2D eigenvalue weighted by Gasteiger charge is 2.05. The molecule has 0 bridgehead atoms. The predicted molar refractivity (Wildman–Crippen MR) is 79.6 cm³/mol. The fraction of sp³-hybridized carbons (Fsp3) is 0.125. The maximum Gasteiger partial charge on any atom is 0.127 e. The molecule has 0 saturated carbocycles. The summed E-state index contributed by atoms with van der Waals surface area (Å²) >= 11 is 0. The third kappa shape index (κ3) is 2.54. The first-order valence-electron chi connectivity index (χ1n) is 6.49. The Morgan fingerprint density at radius 3 is 2.80 bits per heavy atom. The zero-order chi connectivity index (χ0) is 13.8. The first kappa shape index (κ1) is 12.4. The molecule has 0 unspecified atom stereocenters. The van der Waals surface area contributed by atoms with Crippen molar-refractivity contribution in [3.8, 4) is 5.75 Å². The summed E-state index contributed by atoms with van der Waals surface area (Å²) in [7, 11) is 0. The van der Waals surface area contributed by atoms with Gasteiger partial charge in [0.15, 0.2) is 0 Å². The fourth-order valence-electron chi connectivity index (χ4n) is 2.12. The summed E-state index contributed by atoms with van der Waals surface area (Å²) in [6, 6.07) is 11.5. The van der Waals surface area contributed by atoms with E-state index in [9.17, 15) is 0 Å². The molecule has 2 N–H and O–H groups in total. The van der Waals surface area contributed by atoms with Gasteiger partial charge in [0, 0.05) is 47.2 Å². The highest BCUT2D eigenvalue weighted by molar-refractivity contribution is 5.96. The van der Waals surface area contributed by atoms with Gasteiger partial charge in [0.2, 0.25) is 0 Å². The van der Waals surface area contributed by atoms with Crippen LogP contribution in [0.2, 0.25) is 0 Å². The molecule has 0 radical (unpaired) electrons. The van der Waals surface area contributed by atoms with Gasteiger partial charge in [0.05, 0.1) is 6.61 Å². The molecule has 0 fully saturated rings. The number of aromatic nitrogens is 2. The van der Waals surface area contributed by atoms with Crippen LogP contribution >= 0.6 is 0 Å². The number of ether oxygens (including phenoxy) is 1. The van der Waals surface area contributed by atoms with Gasteiger partial charge in [-0.05, 0) is 30.3 Å². The van der Waals surface area contributed by atoms with Crippen molar-refractivity contribution in [2.75, 3.05) is 12.3 Å². The minimum absolute atomic E-state index is 0.582. The van der Waals surface area contributed by atoms with E-state index in [1.165, 1.54) is 0 Å². The van der Waals surface area contributed by atoms with Crippen molar-refractivity contribution in [3.63, 3.8) is 0 Å². The van der Waals surface area contributed by atoms with Gasteiger partial charge in [-0.15, -0.1) is 0 Å². The summed E-state index contributed by atoms with van der Waals surface area (Å²) in [6.07, 6.45) is 6.07. The second-order valence-corrected chi connectivity index (χ2v) is 4.49. The van der Waals surface area contributed by atoms with E-state index in [1.54, 1.807) is 18.6 Å². The molecule has 2 heterocycles. The van der Waals surface area contributed by atoms with Crippen LogP contribution in [0.4, 0.5) is 5.69 Å². The number of rotatable bonds is 4. The lowest BCUT2D eigenvalue weighted by Gasteiger charge is -2.10. The molecule has 20 heavy (non-hydrogen) atoms. The van der Waals surface area contributed by atoms with Crippen LogP contribution in [-0.2, 0) is 6.42 Å². The Kier molecular flexibility index (Phi) is 3.46. The molecule has 3 aromatic rings. The largest absolute Gasteiger partial charge is 0.493 e. The molecule has 0 amide bonds. The van der Waals surface area contributed by atoms with Gasteiger partial charge in [0.1, 0.15) is 5.75 Å². The molecule has 4 nitrogen and oxygen atoms in total. The molecule has 0 aliphatic heterocycles. The molecule has 100 valence electrons. The quantitative estimate of drug-likeness (QED) is 0.737. The van der Waals surface area contributed by atoms with Crippen LogP contribution in [0.25, 0.3) is 10.8 Å². The lowest BCUT2D eigenvalue weighted by Crippen LogP contribution is -2.03. The number of hydrogen-bond donors (Lipinski definition) is 1. The molecule has 1 aromatic carbocycles. The fourth-order valence-corrected chi connectivity index (χ4v) is 2.12. The second-order valence-electron chi connectivity index (χ2n) is 4.49. The summed E-state index contributed by atoms with van der Waals surface area (Å²) in [5, 5.41) is 1.91. The second kappa shape index (κ2) is 5.57. The number of nitrogen functional groups attached to an aromatic ring is 1. The van der Waals surface area contributed by atoms with Crippen LogP contribution in [0.5, 0.6) is 5.75 Å². The summed E-state index contributed by atoms with van der Waals surface area (Å²) in [4.78, 5) is 8.37. The normalized spacial score (nSPS) is 10.6. The summed E-state index contributed by atoms with van der Waals surface area (Å²) in [5.41, 5.74) is 7.67. The average Bonchev–Trinajstić information content (AvgIpc) is 2.51. The van der Waals surface area contributed by atoms with Crippen LogP contribution in [0.3, 0.4) is 0 Å². The highest BCUT2D eigenvalue weighted by atomic mass is 16.5. The molecule has 0 spiro atoms. The van der Waals surface area contributed by atoms with Crippen LogP contribution in [-0.4, -0.2) is 16.6 Å². The van der Waals surface area contributed by atoms with E-state index in [4.69, 9.17) is 10.5 Å². The molecule has 0 aliphatic rings. The Hall–Kier alpha value is -2.62. The number of pyridine rings is 2. The minimum Gasteiger partial charge on any atom is -0.493 e. The van der Waals surface area contributed by atoms with Crippen LogP contribution in [0.1, 0.15) is 5.69 Å². The summed E-state index contributed by atoms with van der Waals surface area (Å²) < 4.78 is 5.85. The van der Waals surface area contributed by atoms with Crippen molar-refractivity contribution in [1.82, 2.24) is 9.97 Å². The van der Waals surface area contributed by atoms with E-state index in [2.05, 4.69) is 9.97 Å². The van der Waals surface area contributed by atoms with Gasteiger partial charge in [-0.2, -0.15) is 0 Å². The van der Waals surface area contributed by atoms with Gasteiger partial charge < -0.3 is 10.5 Å². The smallest absolute Gasteiger partial charge is 0.127 e. The topological polar surface area (TPSA) is 61.0 Å². The number of anilines is 1. The van der Waals surface area contributed by atoms with Crippen molar-refractivity contribution in [2.24, 2.45) is 0 Å². The van der Waals surface area contributed by atoms with Gasteiger partial charge in [-0.25, -0.2) is 0 Å². The Morgan fingerprint density at radius 2 is 1.95 bits per heavy atom. The SMILES string of the molecule is Nc1ccc(OCCc2ccccn2)c2ccncc12. The zero-order valence-electron chi connectivity index (χ0n) is 11.0. The van der Waals surface area contributed by atoms with E-state index in [0.29, 0.717) is 12.3 Å². The first-order valence-corrected chi connectivity index (χ1v) is 6.49. The maximum absolute atomic E-state index is 5.94. The van der Waals surface area contributed by atoms with Gasteiger partial charge in [0.25, 0.3) is 0 Å². The van der Waals surface area contributed by atoms with Gasteiger partial charge in [-0.3, -0.25) is 9.97 Å². The number of benzene rings is 1. The lowest BCUT2D eigenvalue weighted by molar-refractivity contribution is 0.324. The monoisotopic (exact) mass is 265 g/mol. The number of nitrogens with zero attached hydrogens (tertiary/aromatic N) is 2. The summed E-state index contributed by atoms with van der Waals surface area (Å²) in [5.74, 6) is 0.826. The van der Waals surface area contributed by atoms with Crippen molar-refractivity contribution in [1.29, 1.82) is 0 Å². The van der Waals surface area contributed by atoms with E-state index in [0.717, 1.165) is 28.6 Å². The van der Waals surface area contributed by atoms with E-state index < -0.39 is 0 Å². The van der Waals surface area contributed by atoms with Gasteiger partial charge in [-0.1, -0.05) is 6.07 Å². The summed E-state index contributed by atoms with van der Waals surface area (Å²) in [6.45, 7) is 0.582. The Morgan fingerprint density at radius 1 is 1.00 bits per heavy atom. The molecule has 4 heteroatoms. The van der Waals surface area contributed by atoms with Crippen LogP contribution in [0.15, 0.2) is 55.0 Å². The highest BCUT2D eigenvalue weighted by Crippen LogP contribution is 2.29. The maximum atomic E-state index is 5.94. The van der Waals surface area contributed by atoms with Crippen LogP contribution < -0.4 is 10.5 Å². The van der Waals surface area contributed by atoms with Crippen molar-refractivity contribution in [2.45, 2.75) is 6.42 Å². The number of nitrogens with two attached hydrogens (primary N) is 1. The lowest BCUT2D eigenvalue weighted by atomic mass is 10.1. The van der Waals surface area contributed by atoms with Crippen molar-refractivity contribution < 1.29 is 4.74 Å². The molecule has 0 aliphatic carbocycles. The number of fused-ring (bicyclic) bond motifs is 1. The molecule has 2 aromatic heterocycles. The van der Waals surface area contributed by atoms with Gasteiger partial charge >= 0.3 is 0 Å². The molecular weight excluding hydrogens is 250 g/mol. The molecule has 0 atom stereocenters. The first-order chi connectivity index (χ1) is 9.84. The number of hydrogen-bond acceptors (Lipinski definition) is 4. The minimum atomic E-state index is 0.582.